The van der Waals surface area contributed by atoms with E-state index >= 15 is 0 Å². The molecule has 2 N–H and O–H groups in total. The van der Waals surface area contributed by atoms with Gasteiger partial charge in [-0.05, 0) is 30.7 Å². The van der Waals surface area contributed by atoms with Crippen molar-refractivity contribution < 1.29 is 5.11 Å². The Morgan fingerprint density at radius 3 is 2.95 bits per heavy atom. The lowest BCUT2D eigenvalue weighted by molar-refractivity contribution is 0.282. The molecule has 0 saturated heterocycles. The Morgan fingerprint density at radius 1 is 1.35 bits per heavy atom. The normalized spacial score (nSPS) is 10.9. The van der Waals surface area contributed by atoms with Crippen LogP contribution in [0.15, 0.2) is 34.8 Å². The molecule has 6 heteroatoms. The Morgan fingerprint density at radius 2 is 2.20 bits per heavy atom. The van der Waals surface area contributed by atoms with Gasteiger partial charge in [0.25, 0.3) is 0 Å². The predicted molar refractivity (Wildman–Crippen MR) is 79.4 cm³/mol. The molecule has 2 heterocycles. The van der Waals surface area contributed by atoms with Gasteiger partial charge in [0.15, 0.2) is 5.82 Å². The Bertz CT molecular complexity index is 797. The lowest BCUT2D eigenvalue weighted by atomic mass is 10.1. The molecule has 0 radical (unpaired) electrons. The topological polar surface area (TPSA) is 74.2 Å². The molecule has 0 aliphatic rings. The third kappa shape index (κ3) is 2.09. The molecule has 5 nitrogen and oxygen atoms in total. The van der Waals surface area contributed by atoms with Crippen LogP contribution in [0.4, 0.5) is 5.82 Å². The lowest BCUT2D eigenvalue weighted by Crippen LogP contribution is -1.88. The summed E-state index contributed by atoms with van der Waals surface area (Å²) in [7, 11) is 0. The summed E-state index contributed by atoms with van der Waals surface area (Å²) in [6, 6.07) is 7.51. The minimum absolute atomic E-state index is 0.0115. The highest BCUT2D eigenvalue weighted by Crippen LogP contribution is 2.28. The van der Waals surface area contributed by atoms with E-state index in [1.807, 2.05) is 31.2 Å². The van der Waals surface area contributed by atoms with E-state index in [-0.39, 0.29) is 6.61 Å². The van der Waals surface area contributed by atoms with E-state index in [2.05, 4.69) is 19.3 Å². The van der Waals surface area contributed by atoms with Crippen molar-refractivity contribution in [3.8, 4) is 11.4 Å². The first-order valence-corrected chi connectivity index (χ1v) is 6.48. The fraction of sp³-hybridized carbons (Fsp3) is 0.143. The van der Waals surface area contributed by atoms with Crippen molar-refractivity contribution in [2.24, 2.45) is 4.36 Å². The molecule has 3 aromatic rings. The number of pyridine rings is 1. The Hall–Kier alpha value is -2.18. The second-order valence-electron chi connectivity index (χ2n) is 4.49. The highest BCUT2D eigenvalue weighted by Gasteiger charge is 2.11. The van der Waals surface area contributed by atoms with Crippen molar-refractivity contribution in [2.45, 2.75) is 13.5 Å². The molecule has 0 spiro atoms. The summed E-state index contributed by atoms with van der Waals surface area (Å²) in [6.07, 6.45) is 1.67. The van der Waals surface area contributed by atoms with E-state index in [1.54, 1.807) is 6.20 Å². The molecule has 0 saturated carbocycles. The summed E-state index contributed by atoms with van der Waals surface area (Å²) in [5, 5.41) is 9.17. The summed E-state index contributed by atoms with van der Waals surface area (Å²) in [5.74, 6) is 1.28. The van der Waals surface area contributed by atoms with Gasteiger partial charge in [-0.25, -0.2) is 9.97 Å². The standard InChI is InChI=1S/C14H12N4OS/c1-8-10(4-5-15-13(8)18-20)14-16-11-3-2-9(7-19)6-12(11)17-14/h2-6,19H,7H2,1H3,(H,16,17). The van der Waals surface area contributed by atoms with Crippen LogP contribution in [-0.4, -0.2) is 20.1 Å². The zero-order valence-electron chi connectivity index (χ0n) is 10.8. The van der Waals surface area contributed by atoms with Crippen molar-refractivity contribution in [2.75, 3.05) is 0 Å². The van der Waals surface area contributed by atoms with E-state index in [9.17, 15) is 0 Å². The molecule has 0 atom stereocenters. The van der Waals surface area contributed by atoms with Crippen LogP contribution in [-0.2, 0) is 19.0 Å². The fourth-order valence-corrected chi connectivity index (χ4v) is 2.34. The van der Waals surface area contributed by atoms with Crippen molar-refractivity contribution in [1.29, 1.82) is 0 Å². The quantitative estimate of drug-likeness (QED) is 0.775. The van der Waals surface area contributed by atoms with Gasteiger partial charge in [-0.3, -0.25) is 0 Å². The number of nitrogens with zero attached hydrogens (tertiary/aromatic N) is 3. The van der Waals surface area contributed by atoms with E-state index in [0.29, 0.717) is 5.82 Å². The van der Waals surface area contributed by atoms with Gasteiger partial charge in [0, 0.05) is 29.7 Å². The molecule has 0 bridgehead atoms. The first kappa shape index (κ1) is 12.8. The summed E-state index contributed by atoms with van der Waals surface area (Å²) in [5.41, 5.74) is 4.40. The molecule has 0 aliphatic carbocycles. The van der Waals surface area contributed by atoms with Gasteiger partial charge < -0.3 is 10.1 Å². The second-order valence-corrected chi connectivity index (χ2v) is 4.68. The molecule has 0 amide bonds. The molecule has 0 aliphatic heterocycles. The Kier molecular flexibility index (Phi) is 3.25. The number of rotatable bonds is 3. The van der Waals surface area contributed by atoms with E-state index in [1.165, 1.54) is 0 Å². The zero-order chi connectivity index (χ0) is 14.1. The van der Waals surface area contributed by atoms with Crippen LogP contribution in [0.2, 0.25) is 0 Å². The van der Waals surface area contributed by atoms with Gasteiger partial charge in [-0.2, -0.15) is 4.36 Å². The number of aliphatic hydroxyl groups is 1. The molecular weight excluding hydrogens is 272 g/mol. The smallest absolute Gasteiger partial charge is 0.169 e. The molecule has 20 heavy (non-hydrogen) atoms. The highest BCUT2D eigenvalue weighted by molar-refractivity contribution is 7.47. The van der Waals surface area contributed by atoms with E-state index < -0.39 is 0 Å². The number of hydrogen-bond acceptors (Lipinski definition) is 5. The molecule has 0 fully saturated rings. The van der Waals surface area contributed by atoms with Gasteiger partial charge in [-0.15, -0.1) is 0 Å². The number of aromatic amines is 1. The van der Waals surface area contributed by atoms with Gasteiger partial charge in [0.1, 0.15) is 5.82 Å². The fourth-order valence-electron chi connectivity index (χ4n) is 2.16. The average Bonchev–Trinajstić information content (AvgIpc) is 2.89. The van der Waals surface area contributed by atoms with Gasteiger partial charge in [0.2, 0.25) is 0 Å². The van der Waals surface area contributed by atoms with Crippen LogP contribution in [0.5, 0.6) is 0 Å². The molecule has 3 rings (SSSR count). The SMILES string of the molecule is Cc1c(-c2nc3ccc(CO)cc3[nH]2)ccnc1N=S. The monoisotopic (exact) mass is 284 g/mol. The maximum absolute atomic E-state index is 9.17. The first-order valence-electron chi connectivity index (χ1n) is 6.12. The average molecular weight is 284 g/mol. The third-order valence-corrected chi connectivity index (χ3v) is 3.42. The number of imidazole rings is 1. The van der Waals surface area contributed by atoms with Crippen LogP contribution in [0.3, 0.4) is 0 Å². The minimum atomic E-state index is 0.0115. The molecule has 1 aromatic carbocycles. The third-order valence-electron chi connectivity index (χ3n) is 3.25. The highest BCUT2D eigenvalue weighted by atomic mass is 32.1. The van der Waals surface area contributed by atoms with E-state index in [4.69, 9.17) is 17.5 Å². The van der Waals surface area contributed by atoms with Crippen molar-refractivity contribution in [3.05, 3.63) is 41.6 Å². The zero-order valence-corrected chi connectivity index (χ0v) is 11.6. The molecule has 100 valence electrons. The van der Waals surface area contributed by atoms with Crippen molar-refractivity contribution in [3.63, 3.8) is 0 Å². The predicted octanol–water partition coefficient (Wildman–Crippen LogP) is 2.79. The Labute approximate surface area is 120 Å². The van der Waals surface area contributed by atoms with Crippen molar-refractivity contribution in [1.82, 2.24) is 15.0 Å². The van der Waals surface area contributed by atoms with Crippen LogP contribution < -0.4 is 0 Å². The van der Waals surface area contributed by atoms with Gasteiger partial charge >= 0.3 is 0 Å². The van der Waals surface area contributed by atoms with E-state index in [0.717, 1.165) is 33.5 Å². The summed E-state index contributed by atoms with van der Waals surface area (Å²) < 4.78 is 3.74. The second kappa shape index (κ2) is 5.07. The number of benzene rings is 1. The molecular formula is C14H12N4OS. The number of nitrogens with one attached hydrogen (secondary N) is 1. The van der Waals surface area contributed by atoms with Crippen LogP contribution >= 0.6 is 0 Å². The summed E-state index contributed by atoms with van der Waals surface area (Å²) in [6.45, 7) is 1.93. The number of H-pyrrole nitrogens is 1. The maximum atomic E-state index is 9.17. The number of aromatic nitrogens is 3. The van der Waals surface area contributed by atoms with Gasteiger partial charge in [-0.1, -0.05) is 6.07 Å². The molecule has 0 unspecified atom stereocenters. The maximum Gasteiger partial charge on any atom is 0.169 e. The largest absolute Gasteiger partial charge is 0.392 e. The number of fused-ring (bicyclic) bond motifs is 1. The number of hydrogen-bond donors (Lipinski definition) is 2. The Balaban J connectivity index is 2.17. The first-order chi connectivity index (χ1) is 9.72. The van der Waals surface area contributed by atoms with Crippen LogP contribution in [0.25, 0.3) is 22.4 Å². The van der Waals surface area contributed by atoms with Crippen LogP contribution in [0.1, 0.15) is 11.1 Å². The molecule has 2 aromatic heterocycles. The lowest BCUT2D eigenvalue weighted by Gasteiger charge is -2.03. The minimum Gasteiger partial charge on any atom is -0.392 e. The van der Waals surface area contributed by atoms with Crippen LogP contribution in [0, 0.1) is 6.92 Å². The number of aliphatic hydroxyl groups excluding tert-OH is 1. The van der Waals surface area contributed by atoms with Crippen molar-refractivity contribution >= 4 is 29.3 Å². The summed E-state index contributed by atoms with van der Waals surface area (Å²) >= 11 is 4.72. The summed E-state index contributed by atoms with van der Waals surface area (Å²) in [4.78, 5) is 11.9. The van der Waals surface area contributed by atoms with Gasteiger partial charge in [0.05, 0.1) is 17.6 Å².